The highest BCUT2D eigenvalue weighted by molar-refractivity contribution is 5.89. The van der Waals surface area contributed by atoms with Crippen molar-refractivity contribution < 1.29 is 9.21 Å². The maximum Gasteiger partial charge on any atom is 0.284 e. The molecule has 3 heteroatoms. The molecule has 0 saturated carbocycles. The quantitative estimate of drug-likeness (QED) is 0.894. The van der Waals surface area contributed by atoms with Gasteiger partial charge in [-0.3, -0.25) is 4.79 Å². The minimum absolute atomic E-state index is 0.189. The number of furan rings is 1. The third-order valence-corrected chi connectivity index (χ3v) is 5.58. The van der Waals surface area contributed by atoms with Crippen LogP contribution in [0.5, 0.6) is 0 Å². The molecule has 1 amide bonds. The molecule has 0 saturated heterocycles. The minimum Gasteiger partial charge on any atom is -0.456 e. The number of aryl methyl sites for hydroxylation is 1. The van der Waals surface area contributed by atoms with Crippen LogP contribution in [0.4, 0.5) is 0 Å². The summed E-state index contributed by atoms with van der Waals surface area (Å²) in [4.78, 5) is 11.2. The first-order valence-electron chi connectivity index (χ1n) is 8.63. The van der Waals surface area contributed by atoms with Gasteiger partial charge in [0.15, 0.2) is 5.76 Å². The molecule has 0 atom stereocenters. The van der Waals surface area contributed by atoms with Crippen molar-refractivity contribution in [3.8, 4) is 0 Å². The molecule has 1 aliphatic rings. The maximum absolute atomic E-state index is 11.2. The van der Waals surface area contributed by atoms with Crippen LogP contribution in [0.25, 0.3) is 0 Å². The van der Waals surface area contributed by atoms with Gasteiger partial charge in [-0.05, 0) is 65.0 Å². The Bertz CT molecular complexity index is 796. The first-order chi connectivity index (χ1) is 11.1. The van der Waals surface area contributed by atoms with Gasteiger partial charge in [0.1, 0.15) is 5.76 Å². The van der Waals surface area contributed by atoms with E-state index in [0.29, 0.717) is 6.42 Å². The second-order valence-electron chi connectivity index (χ2n) is 8.40. The average Bonchev–Trinajstić information content (AvgIpc) is 2.94. The van der Waals surface area contributed by atoms with Crippen molar-refractivity contribution in [2.75, 3.05) is 0 Å². The summed E-state index contributed by atoms with van der Waals surface area (Å²) in [7, 11) is 0. The number of hydrogen-bond donors (Lipinski definition) is 1. The van der Waals surface area contributed by atoms with E-state index in [9.17, 15) is 4.79 Å². The Labute approximate surface area is 144 Å². The number of carbonyl (C=O) groups is 1. The summed E-state index contributed by atoms with van der Waals surface area (Å²) in [6, 6.07) is 8.19. The molecule has 1 aromatic heterocycles. The van der Waals surface area contributed by atoms with Gasteiger partial charge in [0.2, 0.25) is 0 Å². The third-order valence-electron chi connectivity index (χ3n) is 5.58. The highest BCUT2D eigenvalue weighted by Gasteiger charge is 2.37. The maximum atomic E-state index is 11.2. The van der Waals surface area contributed by atoms with Crippen LogP contribution in [0.2, 0.25) is 0 Å². The lowest BCUT2D eigenvalue weighted by Crippen LogP contribution is -2.34. The van der Waals surface area contributed by atoms with E-state index in [-0.39, 0.29) is 16.6 Å². The number of primary amides is 1. The van der Waals surface area contributed by atoms with E-state index in [4.69, 9.17) is 10.2 Å². The summed E-state index contributed by atoms with van der Waals surface area (Å²) >= 11 is 0. The molecule has 3 rings (SSSR count). The summed E-state index contributed by atoms with van der Waals surface area (Å²) < 4.78 is 5.57. The Balaban J connectivity index is 2.02. The standard InChI is InChI=1S/C21H27NO2/c1-13-10-16-17(21(4,5)9-8-20(16,2)3)12-14(13)11-15-6-7-18(24-15)19(22)23/h6-7,10,12H,8-9,11H2,1-5H3,(H2,22,23). The molecular formula is C21H27NO2. The van der Waals surface area contributed by atoms with Crippen LogP contribution >= 0.6 is 0 Å². The molecule has 1 aliphatic carbocycles. The summed E-state index contributed by atoms with van der Waals surface area (Å²) in [5, 5.41) is 0. The average molecular weight is 325 g/mol. The van der Waals surface area contributed by atoms with Crippen LogP contribution in [0.15, 0.2) is 28.7 Å². The number of benzene rings is 1. The second kappa shape index (κ2) is 5.51. The zero-order valence-electron chi connectivity index (χ0n) is 15.3. The summed E-state index contributed by atoms with van der Waals surface area (Å²) in [6.07, 6.45) is 3.09. The number of carbonyl (C=O) groups excluding carboxylic acids is 1. The Kier molecular flexibility index (Phi) is 3.86. The Hall–Kier alpha value is -2.03. The monoisotopic (exact) mass is 325 g/mol. The van der Waals surface area contributed by atoms with E-state index >= 15 is 0 Å². The number of rotatable bonds is 3. The molecule has 0 spiro atoms. The van der Waals surface area contributed by atoms with Crippen LogP contribution < -0.4 is 5.73 Å². The van der Waals surface area contributed by atoms with Crippen molar-refractivity contribution in [2.24, 2.45) is 5.73 Å². The molecule has 2 aromatic rings. The molecule has 1 aromatic carbocycles. The zero-order chi connectivity index (χ0) is 17.7. The Morgan fingerprint density at radius 3 is 2.21 bits per heavy atom. The van der Waals surface area contributed by atoms with E-state index in [1.54, 1.807) is 6.07 Å². The van der Waals surface area contributed by atoms with Crippen molar-refractivity contribution in [2.45, 2.75) is 64.7 Å². The molecule has 0 fully saturated rings. The molecule has 128 valence electrons. The fraction of sp³-hybridized carbons (Fsp3) is 0.476. The highest BCUT2D eigenvalue weighted by Crippen LogP contribution is 2.46. The van der Waals surface area contributed by atoms with Gasteiger partial charge in [-0.2, -0.15) is 0 Å². The van der Waals surface area contributed by atoms with Gasteiger partial charge in [0, 0.05) is 6.42 Å². The van der Waals surface area contributed by atoms with Crippen molar-refractivity contribution in [1.29, 1.82) is 0 Å². The van der Waals surface area contributed by atoms with E-state index in [2.05, 4.69) is 46.8 Å². The van der Waals surface area contributed by atoms with Crippen molar-refractivity contribution in [3.05, 3.63) is 58.0 Å². The molecule has 0 aliphatic heterocycles. The first kappa shape index (κ1) is 16.8. The first-order valence-corrected chi connectivity index (χ1v) is 8.63. The van der Waals surface area contributed by atoms with Crippen molar-refractivity contribution >= 4 is 5.91 Å². The molecule has 0 unspecified atom stereocenters. The Morgan fingerprint density at radius 1 is 1.08 bits per heavy atom. The van der Waals surface area contributed by atoms with Crippen LogP contribution in [0.3, 0.4) is 0 Å². The minimum atomic E-state index is -0.522. The van der Waals surface area contributed by atoms with Gasteiger partial charge in [-0.15, -0.1) is 0 Å². The van der Waals surface area contributed by atoms with Gasteiger partial charge in [0.05, 0.1) is 0 Å². The van der Waals surface area contributed by atoms with Crippen LogP contribution in [0.1, 0.15) is 79.1 Å². The van der Waals surface area contributed by atoms with Gasteiger partial charge < -0.3 is 10.2 Å². The topological polar surface area (TPSA) is 56.2 Å². The number of amides is 1. The molecule has 0 radical (unpaired) electrons. The van der Waals surface area contributed by atoms with Gasteiger partial charge in [0.25, 0.3) is 5.91 Å². The number of nitrogens with two attached hydrogens (primary N) is 1. The highest BCUT2D eigenvalue weighted by atomic mass is 16.3. The Morgan fingerprint density at radius 2 is 1.67 bits per heavy atom. The van der Waals surface area contributed by atoms with Crippen molar-refractivity contribution in [1.82, 2.24) is 0 Å². The van der Waals surface area contributed by atoms with E-state index in [0.717, 1.165) is 5.76 Å². The fourth-order valence-corrected chi connectivity index (χ4v) is 3.75. The normalized spacial score (nSPS) is 18.2. The van der Waals surface area contributed by atoms with E-state index in [1.165, 1.54) is 35.1 Å². The molecule has 1 heterocycles. The summed E-state index contributed by atoms with van der Waals surface area (Å²) in [6.45, 7) is 11.5. The molecule has 0 bridgehead atoms. The predicted molar refractivity (Wildman–Crippen MR) is 96.5 cm³/mol. The lowest BCUT2D eigenvalue weighted by molar-refractivity contribution is 0.0972. The number of fused-ring (bicyclic) bond motifs is 1. The summed E-state index contributed by atoms with van der Waals surface area (Å²) in [5.41, 5.74) is 11.1. The second-order valence-corrected chi connectivity index (χ2v) is 8.40. The fourth-order valence-electron chi connectivity index (χ4n) is 3.75. The summed E-state index contributed by atoms with van der Waals surface area (Å²) in [5.74, 6) is 0.480. The van der Waals surface area contributed by atoms with Gasteiger partial charge in [-0.1, -0.05) is 39.8 Å². The lowest BCUT2D eigenvalue weighted by Gasteiger charge is -2.42. The SMILES string of the molecule is Cc1cc2c(cc1Cc1ccc(C(N)=O)o1)C(C)(C)CCC2(C)C. The van der Waals surface area contributed by atoms with E-state index in [1.807, 2.05) is 6.07 Å². The lowest BCUT2D eigenvalue weighted by atomic mass is 9.62. The largest absolute Gasteiger partial charge is 0.456 e. The molecule has 24 heavy (non-hydrogen) atoms. The van der Waals surface area contributed by atoms with Gasteiger partial charge in [-0.25, -0.2) is 0 Å². The molecular weight excluding hydrogens is 298 g/mol. The number of hydrogen-bond acceptors (Lipinski definition) is 2. The van der Waals surface area contributed by atoms with E-state index < -0.39 is 5.91 Å². The molecule has 2 N–H and O–H groups in total. The van der Waals surface area contributed by atoms with Crippen LogP contribution in [0, 0.1) is 6.92 Å². The smallest absolute Gasteiger partial charge is 0.284 e. The zero-order valence-corrected chi connectivity index (χ0v) is 15.3. The van der Waals surface area contributed by atoms with Gasteiger partial charge >= 0.3 is 0 Å². The predicted octanol–water partition coefficient (Wildman–Crippen LogP) is 4.63. The molecule has 3 nitrogen and oxygen atoms in total. The third kappa shape index (κ3) is 2.88. The van der Waals surface area contributed by atoms with Crippen LogP contribution in [-0.4, -0.2) is 5.91 Å². The van der Waals surface area contributed by atoms with Crippen LogP contribution in [-0.2, 0) is 17.3 Å². The van der Waals surface area contributed by atoms with Crippen molar-refractivity contribution in [3.63, 3.8) is 0 Å².